The summed E-state index contributed by atoms with van der Waals surface area (Å²) in [7, 11) is 0. The summed E-state index contributed by atoms with van der Waals surface area (Å²) in [5.74, 6) is 0.176. The summed E-state index contributed by atoms with van der Waals surface area (Å²) in [5, 5.41) is 14.9. The van der Waals surface area contributed by atoms with Crippen molar-refractivity contribution in [3.05, 3.63) is 230 Å². The summed E-state index contributed by atoms with van der Waals surface area (Å²) in [6.07, 6.45) is 0. The second-order valence-corrected chi connectivity index (χ2v) is 16.8. The molecule has 312 valence electrons. The molecule has 0 spiro atoms. The zero-order valence-electron chi connectivity index (χ0n) is 36.1. The van der Waals surface area contributed by atoms with Crippen LogP contribution in [0.4, 0.5) is 0 Å². The third-order valence-corrected chi connectivity index (χ3v) is 12.6. The maximum absolute atomic E-state index is 11.5. The minimum absolute atomic E-state index is 0.176. The van der Waals surface area contributed by atoms with Gasteiger partial charge >= 0.3 is 0 Å². The van der Waals surface area contributed by atoms with Crippen LogP contribution in [-0.4, -0.2) is 19.6 Å². The molecule has 0 atom stereocenters. The molecular formula is C61H41N3O2. The SMILES string of the molecule is Cc1cc(-c2c(-c3ccc4c(c3)oc3ccccc34)c3ccccc3n2-c2ccccc2)cc(-c2cccc(-c3cc(-c4ccccc4)cc(-c4ccc(-c5ccccc5)cc4O)n3)c2)n1. The summed E-state index contributed by atoms with van der Waals surface area (Å²) in [6, 6.07) is 77.4. The van der Waals surface area contributed by atoms with Gasteiger partial charge in [-0.1, -0.05) is 146 Å². The molecule has 0 saturated heterocycles. The van der Waals surface area contributed by atoms with Crippen LogP contribution in [0.5, 0.6) is 5.75 Å². The van der Waals surface area contributed by atoms with E-state index in [1.165, 1.54) is 0 Å². The second-order valence-electron chi connectivity index (χ2n) is 16.8. The number of benzene rings is 8. The van der Waals surface area contributed by atoms with Crippen LogP contribution in [0.25, 0.3) is 117 Å². The molecule has 0 saturated carbocycles. The predicted octanol–water partition coefficient (Wildman–Crippen LogP) is 16.0. The highest BCUT2D eigenvalue weighted by atomic mass is 16.3. The second kappa shape index (κ2) is 16.1. The molecule has 66 heavy (non-hydrogen) atoms. The zero-order valence-corrected chi connectivity index (χ0v) is 36.1. The lowest BCUT2D eigenvalue weighted by atomic mass is 9.95. The molecule has 5 heteroatoms. The normalized spacial score (nSPS) is 11.5. The quantitative estimate of drug-likeness (QED) is 0.165. The number of hydrogen-bond donors (Lipinski definition) is 1. The van der Waals surface area contributed by atoms with Gasteiger partial charge in [0, 0.05) is 55.4 Å². The number of furan rings is 1. The van der Waals surface area contributed by atoms with Gasteiger partial charge in [0.05, 0.1) is 28.3 Å². The Morgan fingerprint density at radius 1 is 0.394 bits per heavy atom. The van der Waals surface area contributed by atoms with Crippen molar-refractivity contribution in [2.75, 3.05) is 0 Å². The number of hydrogen-bond acceptors (Lipinski definition) is 4. The third-order valence-electron chi connectivity index (χ3n) is 12.6. The predicted molar refractivity (Wildman–Crippen MR) is 271 cm³/mol. The fourth-order valence-electron chi connectivity index (χ4n) is 9.50. The molecule has 12 rings (SSSR count). The number of nitrogens with zero attached hydrogens (tertiary/aromatic N) is 3. The topological polar surface area (TPSA) is 64.1 Å². The van der Waals surface area contributed by atoms with E-state index in [0.29, 0.717) is 11.3 Å². The van der Waals surface area contributed by atoms with Crippen LogP contribution >= 0.6 is 0 Å². The van der Waals surface area contributed by atoms with E-state index < -0.39 is 0 Å². The van der Waals surface area contributed by atoms with Crippen LogP contribution in [0.15, 0.2) is 229 Å². The van der Waals surface area contributed by atoms with E-state index >= 15 is 0 Å². The van der Waals surface area contributed by atoms with E-state index in [9.17, 15) is 5.11 Å². The first-order valence-corrected chi connectivity index (χ1v) is 22.2. The standard InChI is InChI=1S/C61H41N3O2/c1-39-32-47(61-60(45-29-30-50-49-24-12-14-27-58(49)66-59(50)38-45)52-25-11-13-26-56(52)64(61)48-22-9-4-10-23-48)36-53(62-39)43-20-15-21-44(33-43)54-34-46(41-18-7-3-8-19-41)35-55(63-54)51-31-28-42(37-57(51)65)40-16-5-2-6-17-40/h2-38,65H,1H3. The molecule has 0 bridgehead atoms. The molecule has 0 radical (unpaired) electrons. The van der Waals surface area contributed by atoms with Gasteiger partial charge in [-0.3, -0.25) is 4.98 Å². The molecule has 0 aliphatic heterocycles. The van der Waals surface area contributed by atoms with Crippen molar-refractivity contribution in [3.8, 4) is 89.8 Å². The Hall–Kier alpha value is -8.80. The van der Waals surface area contributed by atoms with Crippen molar-refractivity contribution < 1.29 is 9.52 Å². The lowest BCUT2D eigenvalue weighted by Gasteiger charge is -2.16. The van der Waals surface area contributed by atoms with Gasteiger partial charge in [0.2, 0.25) is 0 Å². The maximum Gasteiger partial charge on any atom is 0.136 e. The smallest absolute Gasteiger partial charge is 0.136 e. The van der Waals surface area contributed by atoms with Gasteiger partial charge in [-0.15, -0.1) is 0 Å². The number of phenolic OH excluding ortho intramolecular Hbond substituents is 1. The highest BCUT2D eigenvalue weighted by molar-refractivity contribution is 6.10. The Balaban J connectivity index is 1.01. The van der Waals surface area contributed by atoms with Crippen molar-refractivity contribution in [2.24, 2.45) is 0 Å². The summed E-state index contributed by atoms with van der Waals surface area (Å²) < 4.78 is 8.84. The molecule has 4 aromatic heterocycles. The van der Waals surface area contributed by atoms with Gasteiger partial charge in [0.1, 0.15) is 16.9 Å². The van der Waals surface area contributed by atoms with Gasteiger partial charge in [-0.25, -0.2) is 4.98 Å². The van der Waals surface area contributed by atoms with Gasteiger partial charge in [0.25, 0.3) is 0 Å². The first-order valence-electron chi connectivity index (χ1n) is 22.2. The largest absolute Gasteiger partial charge is 0.507 e. The van der Waals surface area contributed by atoms with Crippen molar-refractivity contribution in [3.63, 3.8) is 0 Å². The monoisotopic (exact) mass is 847 g/mol. The van der Waals surface area contributed by atoms with Crippen molar-refractivity contribution in [1.29, 1.82) is 0 Å². The fraction of sp³-hybridized carbons (Fsp3) is 0.0164. The number of phenols is 1. The Bertz CT molecular complexity index is 3780. The van der Waals surface area contributed by atoms with E-state index in [0.717, 1.165) is 111 Å². The molecule has 0 aliphatic carbocycles. The first kappa shape index (κ1) is 38.8. The minimum atomic E-state index is 0.176. The summed E-state index contributed by atoms with van der Waals surface area (Å²) in [5.41, 5.74) is 18.1. The summed E-state index contributed by atoms with van der Waals surface area (Å²) in [6.45, 7) is 2.07. The third kappa shape index (κ3) is 6.91. The highest BCUT2D eigenvalue weighted by Gasteiger charge is 2.23. The number of pyridine rings is 2. The molecule has 4 heterocycles. The van der Waals surface area contributed by atoms with Crippen molar-refractivity contribution in [1.82, 2.24) is 14.5 Å². The van der Waals surface area contributed by atoms with E-state index in [4.69, 9.17) is 14.4 Å². The number of para-hydroxylation sites is 3. The van der Waals surface area contributed by atoms with Crippen LogP contribution in [-0.2, 0) is 0 Å². The molecule has 5 nitrogen and oxygen atoms in total. The van der Waals surface area contributed by atoms with E-state index in [-0.39, 0.29) is 5.75 Å². The first-order chi connectivity index (χ1) is 32.5. The average Bonchev–Trinajstić information content (AvgIpc) is 3.93. The molecule has 12 aromatic rings. The fourth-order valence-corrected chi connectivity index (χ4v) is 9.50. The van der Waals surface area contributed by atoms with Gasteiger partial charge in [0.15, 0.2) is 0 Å². The molecule has 0 fully saturated rings. The van der Waals surface area contributed by atoms with Crippen LogP contribution in [0, 0.1) is 6.92 Å². The average molecular weight is 848 g/mol. The number of aryl methyl sites for hydroxylation is 1. The molecule has 0 unspecified atom stereocenters. The molecular weight excluding hydrogens is 807 g/mol. The zero-order chi connectivity index (χ0) is 44.1. The van der Waals surface area contributed by atoms with Crippen LogP contribution < -0.4 is 0 Å². The minimum Gasteiger partial charge on any atom is -0.507 e. The number of aromatic nitrogens is 3. The molecule has 1 N–H and O–H groups in total. The van der Waals surface area contributed by atoms with Crippen LogP contribution in [0.1, 0.15) is 5.69 Å². The lowest BCUT2D eigenvalue weighted by molar-refractivity contribution is 0.477. The summed E-state index contributed by atoms with van der Waals surface area (Å²) >= 11 is 0. The van der Waals surface area contributed by atoms with E-state index in [1.807, 2.05) is 78.9 Å². The van der Waals surface area contributed by atoms with E-state index in [2.05, 4.69) is 157 Å². The molecule has 0 aliphatic rings. The van der Waals surface area contributed by atoms with E-state index in [1.54, 1.807) is 0 Å². The Morgan fingerprint density at radius 3 is 1.74 bits per heavy atom. The Labute approximate surface area is 382 Å². The van der Waals surface area contributed by atoms with Crippen molar-refractivity contribution >= 4 is 32.8 Å². The van der Waals surface area contributed by atoms with Gasteiger partial charge in [-0.2, -0.15) is 0 Å². The van der Waals surface area contributed by atoms with Crippen LogP contribution in [0.3, 0.4) is 0 Å². The van der Waals surface area contributed by atoms with Crippen LogP contribution in [0.2, 0.25) is 0 Å². The number of aromatic hydroxyl groups is 1. The van der Waals surface area contributed by atoms with Gasteiger partial charge in [-0.05, 0) is 114 Å². The number of fused-ring (bicyclic) bond motifs is 4. The summed E-state index contributed by atoms with van der Waals surface area (Å²) in [4.78, 5) is 10.4. The maximum atomic E-state index is 11.5. The van der Waals surface area contributed by atoms with Gasteiger partial charge < -0.3 is 14.1 Å². The Kier molecular flexibility index (Phi) is 9.46. The lowest BCUT2D eigenvalue weighted by Crippen LogP contribution is -1.99. The Morgan fingerprint density at radius 2 is 0.985 bits per heavy atom. The molecule has 8 aromatic carbocycles. The number of rotatable bonds is 8. The molecule has 0 amide bonds. The highest BCUT2D eigenvalue weighted by Crippen LogP contribution is 2.45. The van der Waals surface area contributed by atoms with Crippen molar-refractivity contribution in [2.45, 2.75) is 6.92 Å².